The third kappa shape index (κ3) is 5.76. The number of rotatable bonds is 7. The van der Waals surface area contributed by atoms with Gasteiger partial charge in [0.15, 0.2) is 0 Å². The van der Waals surface area contributed by atoms with Gasteiger partial charge in [0.25, 0.3) is 15.9 Å². The third-order valence-electron chi connectivity index (χ3n) is 7.61. The van der Waals surface area contributed by atoms with E-state index in [1.807, 2.05) is 0 Å². The Balaban J connectivity index is 1.30. The molecule has 1 heterocycles. The summed E-state index contributed by atoms with van der Waals surface area (Å²) in [6.07, 6.45) is 2.67. The summed E-state index contributed by atoms with van der Waals surface area (Å²) in [5.74, 6) is -0.496. The van der Waals surface area contributed by atoms with Gasteiger partial charge in [-0.2, -0.15) is 4.31 Å². The van der Waals surface area contributed by atoms with Crippen LogP contribution < -0.4 is 10.0 Å². The van der Waals surface area contributed by atoms with Crippen molar-refractivity contribution in [3.8, 4) is 0 Å². The predicted octanol–water partition coefficient (Wildman–Crippen LogP) is 5.98. The second-order valence-corrected chi connectivity index (χ2v) is 15.8. The van der Waals surface area contributed by atoms with E-state index >= 15 is 0 Å². The summed E-state index contributed by atoms with van der Waals surface area (Å²) < 4.78 is 56.9. The average Bonchev–Trinajstić information content (AvgIpc) is 3.14. The highest BCUT2D eigenvalue weighted by Crippen LogP contribution is 2.53. The van der Waals surface area contributed by atoms with Crippen molar-refractivity contribution in [2.24, 2.45) is 10.8 Å². The number of sulfonamides is 2. The lowest BCUT2D eigenvalue weighted by Crippen LogP contribution is -2.37. The van der Waals surface area contributed by atoms with Crippen LogP contribution in [0.2, 0.25) is 5.02 Å². The van der Waals surface area contributed by atoms with Crippen LogP contribution in [0, 0.1) is 10.8 Å². The minimum absolute atomic E-state index is 0.0299. The molecule has 3 aromatic rings. The molecule has 3 aromatic carbocycles. The fourth-order valence-corrected chi connectivity index (χ4v) is 9.43. The minimum atomic E-state index is -3.96. The van der Waals surface area contributed by atoms with Crippen LogP contribution in [0.5, 0.6) is 0 Å². The quantitative estimate of drug-likeness (QED) is 0.346. The van der Waals surface area contributed by atoms with E-state index in [0.29, 0.717) is 6.54 Å². The zero-order valence-electron chi connectivity index (χ0n) is 22.5. The van der Waals surface area contributed by atoms with E-state index in [1.165, 1.54) is 42.5 Å². The Morgan fingerprint density at radius 3 is 2.30 bits per heavy atom. The number of nitrogens with zero attached hydrogens (tertiary/aromatic N) is 1. The van der Waals surface area contributed by atoms with Crippen molar-refractivity contribution in [2.75, 3.05) is 16.6 Å². The Morgan fingerprint density at radius 1 is 0.900 bits per heavy atom. The lowest BCUT2D eigenvalue weighted by Gasteiger charge is -2.39. The fourth-order valence-electron chi connectivity index (χ4n) is 6.29. The van der Waals surface area contributed by atoms with E-state index in [2.05, 4.69) is 30.8 Å². The maximum atomic E-state index is 13.5. The minimum Gasteiger partial charge on any atom is -0.322 e. The number of carbonyl (C=O) groups is 1. The van der Waals surface area contributed by atoms with Crippen LogP contribution in [0.15, 0.2) is 82.6 Å². The van der Waals surface area contributed by atoms with E-state index in [4.69, 9.17) is 11.6 Å². The molecule has 0 spiro atoms. The van der Waals surface area contributed by atoms with E-state index in [1.54, 1.807) is 34.6 Å². The van der Waals surface area contributed by atoms with Gasteiger partial charge in [-0.1, -0.05) is 50.6 Å². The molecule has 0 aromatic heterocycles. The highest BCUT2D eigenvalue weighted by Gasteiger charge is 2.53. The van der Waals surface area contributed by atoms with Crippen LogP contribution in [-0.2, 0) is 20.0 Å². The molecule has 1 amide bonds. The number of hydrogen-bond donors (Lipinski definition) is 2. The van der Waals surface area contributed by atoms with Crippen molar-refractivity contribution in [1.82, 2.24) is 4.31 Å². The van der Waals surface area contributed by atoms with Gasteiger partial charge in [0, 0.05) is 23.8 Å². The van der Waals surface area contributed by atoms with Gasteiger partial charge in [0.2, 0.25) is 10.0 Å². The summed E-state index contributed by atoms with van der Waals surface area (Å²) >= 11 is 6.08. The van der Waals surface area contributed by atoms with Crippen molar-refractivity contribution < 1.29 is 21.6 Å². The predicted molar refractivity (Wildman–Crippen MR) is 157 cm³/mol. The van der Waals surface area contributed by atoms with Crippen LogP contribution >= 0.6 is 11.6 Å². The molecule has 1 aliphatic heterocycles. The second kappa shape index (κ2) is 10.2. The van der Waals surface area contributed by atoms with Crippen molar-refractivity contribution in [3.05, 3.63) is 83.4 Å². The van der Waals surface area contributed by atoms with Gasteiger partial charge in [-0.05, 0) is 84.7 Å². The molecule has 2 bridgehead atoms. The van der Waals surface area contributed by atoms with E-state index < -0.39 is 26.0 Å². The zero-order chi connectivity index (χ0) is 28.9. The van der Waals surface area contributed by atoms with Crippen LogP contribution in [-0.4, -0.2) is 39.6 Å². The zero-order valence-corrected chi connectivity index (χ0v) is 24.9. The molecular formula is C29H32ClN3O5S2. The van der Waals surface area contributed by atoms with Gasteiger partial charge in [0.1, 0.15) is 0 Å². The third-order valence-corrected chi connectivity index (χ3v) is 11.2. The number of hydrogen-bond acceptors (Lipinski definition) is 5. The van der Waals surface area contributed by atoms with Crippen molar-refractivity contribution >= 4 is 48.9 Å². The number of nitrogens with one attached hydrogen (secondary N) is 2. The van der Waals surface area contributed by atoms with Crippen LogP contribution in [0.3, 0.4) is 0 Å². The largest absolute Gasteiger partial charge is 0.322 e. The Bertz CT molecular complexity index is 1670. The van der Waals surface area contributed by atoms with Crippen molar-refractivity contribution in [2.45, 2.75) is 55.9 Å². The molecule has 40 heavy (non-hydrogen) atoms. The maximum Gasteiger partial charge on any atom is 0.262 e. The van der Waals surface area contributed by atoms with E-state index in [-0.39, 0.29) is 48.6 Å². The van der Waals surface area contributed by atoms with Gasteiger partial charge >= 0.3 is 0 Å². The van der Waals surface area contributed by atoms with E-state index in [9.17, 15) is 21.6 Å². The number of carbonyl (C=O) groups excluding carboxylic acids is 1. The number of para-hydroxylation sites is 1. The maximum absolute atomic E-state index is 13.5. The number of fused-ring (bicyclic) bond motifs is 2. The summed E-state index contributed by atoms with van der Waals surface area (Å²) in [5.41, 5.74) is 0.803. The molecule has 5 rings (SSSR count). The molecule has 2 fully saturated rings. The molecule has 2 atom stereocenters. The van der Waals surface area contributed by atoms with Crippen LogP contribution in [0.1, 0.15) is 50.4 Å². The molecule has 0 radical (unpaired) electrons. The first-order valence-corrected chi connectivity index (χ1v) is 16.3. The SMILES string of the molecule is CC1(C)C[C@@H]2C[C@@](C)(CN2S(=O)(=O)c2ccc(C(=O)Nc3cccc(S(=O)(=O)Nc4ccccc4Cl)c3)cc2)C1. The van der Waals surface area contributed by atoms with Crippen LogP contribution in [0.25, 0.3) is 0 Å². The molecule has 1 saturated carbocycles. The van der Waals surface area contributed by atoms with Crippen molar-refractivity contribution in [1.29, 1.82) is 0 Å². The number of halogens is 1. The first kappa shape index (κ1) is 28.6. The second-order valence-electron chi connectivity index (χ2n) is 11.9. The van der Waals surface area contributed by atoms with Crippen molar-refractivity contribution in [3.63, 3.8) is 0 Å². The molecule has 0 unspecified atom stereocenters. The van der Waals surface area contributed by atoms with E-state index in [0.717, 1.165) is 19.3 Å². The smallest absolute Gasteiger partial charge is 0.262 e. The molecule has 212 valence electrons. The number of anilines is 2. The lowest BCUT2D eigenvalue weighted by molar-refractivity contribution is 0.102. The Hall–Kier alpha value is -2.92. The van der Waals surface area contributed by atoms with Gasteiger partial charge in [-0.25, -0.2) is 16.8 Å². The summed E-state index contributed by atoms with van der Waals surface area (Å²) in [5, 5.41) is 2.94. The molecule has 1 saturated heterocycles. The normalized spacial score (nSPS) is 22.6. The topological polar surface area (TPSA) is 113 Å². The molecule has 1 aliphatic carbocycles. The Morgan fingerprint density at radius 2 is 1.60 bits per heavy atom. The monoisotopic (exact) mass is 601 g/mol. The first-order chi connectivity index (χ1) is 18.7. The highest BCUT2D eigenvalue weighted by molar-refractivity contribution is 7.92. The molecular weight excluding hydrogens is 570 g/mol. The number of amides is 1. The summed E-state index contributed by atoms with van der Waals surface area (Å²) in [6, 6.07) is 18.1. The number of benzene rings is 3. The molecule has 11 heteroatoms. The fraction of sp³-hybridized carbons (Fsp3) is 0.345. The lowest BCUT2D eigenvalue weighted by atomic mass is 9.65. The average molecular weight is 602 g/mol. The van der Waals surface area contributed by atoms with Gasteiger partial charge < -0.3 is 5.32 Å². The molecule has 2 N–H and O–H groups in total. The highest BCUT2D eigenvalue weighted by atomic mass is 35.5. The van der Waals surface area contributed by atoms with Gasteiger partial charge in [-0.3, -0.25) is 9.52 Å². The molecule has 2 aliphatic rings. The van der Waals surface area contributed by atoms with Crippen LogP contribution in [0.4, 0.5) is 11.4 Å². The standard InChI is InChI=1S/C29H32ClN3O5S2/c1-28(2)16-22-17-29(3,18-28)19-33(22)40(37,38)23-13-11-20(12-14-23)27(34)31-21-7-6-8-24(15-21)39(35,36)32-26-10-5-4-9-25(26)30/h4-15,22,32H,16-19H2,1-3H3,(H,31,34)/t22-,29-/m1/s1. The Labute approximate surface area is 240 Å². The summed E-state index contributed by atoms with van der Waals surface area (Å²) in [4.78, 5) is 13.0. The van der Waals surface area contributed by atoms with Gasteiger partial charge in [-0.15, -0.1) is 0 Å². The summed E-state index contributed by atoms with van der Waals surface area (Å²) in [7, 11) is -7.68. The molecule has 8 nitrogen and oxygen atoms in total. The first-order valence-electron chi connectivity index (χ1n) is 13.0. The summed E-state index contributed by atoms with van der Waals surface area (Å²) in [6.45, 7) is 7.05. The Kier molecular flexibility index (Phi) is 7.27. The van der Waals surface area contributed by atoms with Gasteiger partial charge in [0.05, 0.1) is 20.5 Å².